The first-order valence-corrected chi connectivity index (χ1v) is 6.28. The molecule has 1 heterocycles. The Hall–Kier alpha value is -1.91. The number of amides is 1. The average molecular weight is 276 g/mol. The number of anilines is 1. The summed E-state index contributed by atoms with van der Waals surface area (Å²) in [5.41, 5.74) is 7.65. The number of carbonyl (C=O) groups is 1. The van der Waals surface area contributed by atoms with Crippen molar-refractivity contribution in [1.29, 1.82) is 0 Å². The van der Waals surface area contributed by atoms with Gasteiger partial charge in [0.25, 0.3) is 5.91 Å². The molecular formula is C14H14ClN3O. The van der Waals surface area contributed by atoms with Crippen LogP contribution < -0.4 is 11.1 Å². The summed E-state index contributed by atoms with van der Waals surface area (Å²) in [6, 6.07) is 8.68. The molecule has 98 valence electrons. The fraction of sp³-hybridized carbons (Fsp3) is 0.143. The zero-order valence-corrected chi connectivity index (χ0v) is 11.0. The summed E-state index contributed by atoms with van der Waals surface area (Å²) < 4.78 is 0. The molecule has 0 spiro atoms. The molecule has 4 nitrogen and oxygen atoms in total. The molecule has 0 bridgehead atoms. The molecule has 0 saturated heterocycles. The van der Waals surface area contributed by atoms with E-state index in [2.05, 4.69) is 10.3 Å². The zero-order valence-electron chi connectivity index (χ0n) is 10.3. The molecule has 2 aromatic rings. The lowest BCUT2D eigenvalue weighted by atomic mass is 10.1. The van der Waals surface area contributed by atoms with Crippen LogP contribution in [-0.4, -0.2) is 17.4 Å². The Morgan fingerprint density at radius 2 is 2.00 bits per heavy atom. The van der Waals surface area contributed by atoms with Crippen LogP contribution in [0.1, 0.15) is 15.9 Å². The van der Waals surface area contributed by atoms with Crippen LogP contribution in [0.25, 0.3) is 0 Å². The quantitative estimate of drug-likeness (QED) is 0.901. The van der Waals surface area contributed by atoms with E-state index in [0.717, 1.165) is 5.56 Å². The van der Waals surface area contributed by atoms with E-state index >= 15 is 0 Å². The summed E-state index contributed by atoms with van der Waals surface area (Å²) in [5.74, 6) is -0.201. The fourth-order valence-corrected chi connectivity index (χ4v) is 1.96. The van der Waals surface area contributed by atoms with Gasteiger partial charge in [0.1, 0.15) is 0 Å². The second-order valence-corrected chi connectivity index (χ2v) is 4.44. The molecule has 1 aromatic heterocycles. The van der Waals surface area contributed by atoms with Crippen molar-refractivity contribution in [2.45, 2.75) is 6.42 Å². The molecule has 0 aliphatic carbocycles. The van der Waals surface area contributed by atoms with Crippen molar-refractivity contribution in [3.05, 3.63) is 58.9 Å². The lowest BCUT2D eigenvalue weighted by Crippen LogP contribution is -2.12. The molecule has 0 saturated carbocycles. The van der Waals surface area contributed by atoms with Gasteiger partial charge < -0.3 is 11.1 Å². The minimum Gasteiger partial charge on any atom is -0.330 e. The third-order valence-electron chi connectivity index (χ3n) is 2.67. The van der Waals surface area contributed by atoms with Crippen LogP contribution in [-0.2, 0) is 6.42 Å². The van der Waals surface area contributed by atoms with Crippen molar-refractivity contribution in [2.75, 3.05) is 11.9 Å². The number of nitrogens with zero attached hydrogens (tertiary/aromatic N) is 1. The average Bonchev–Trinajstić information content (AvgIpc) is 2.42. The van der Waals surface area contributed by atoms with Gasteiger partial charge in [-0.25, -0.2) is 0 Å². The Kier molecular flexibility index (Phi) is 4.49. The first-order valence-electron chi connectivity index (χ1n) is 5.90. The Balaban J connectivity index is 2.14. The molecule has 0 atom stereocenters. The number of pyridine rings is 1. The van der Waals surface area contributed by atoms with Crippen molar-refractivity contribution >= 4 is 23.2 Å². The minimum atomic E-state index is -0.201. The largest absolute Gasteiger partial charge is 0.330 e. The number of nitrogens with two attached hydrogens (primary N) is 1. The van der Waals surface area contributed by atoms with E-state index in [4.69, 9.17) is 17.3 Å². The van der Waals surface area contributed by atoms with Gasteiger partial charge in [-0.1, -0.05) is 17.7 Å². The van der Waals surface area contributed by atoms with Crippen molar-refractivity contribution in [1.82, 2.24) is 4.98 Å². The molecule has 0 aliphatic rings. The molecule has 19 heavy (non-hydrogen) atoms. The highest BCUT2D eigenvalue weighted by atomic mass is 35.5. The van der Waals surface area contributed by atoms with Crippen LogP contribution in [0, 0.1) is 0 Å². The first-order chi connectivity index (χ1) is 9.20. The van der Waals surface area contributed by atoms with Gasteiger partial charge in [-0.2, -0.15) is 0 Å². The first kappa shape index (κ1) is 13.5. The predicted octanol–water partition coefficient (Wildman–Crippen LogP) is 2.49. The maximum Gasteiger partial charge on any atom is 0.255 e. The zero-order chi connectivity index (χ0) is 13.7. The molecule has 0 radical (unpaired) electrons. The maximum atomic E-state index is 12.0. The third-order valence-corrected chi connectivity index (χ3v) is 3.02. The fourth-order valence-electron chi connectivity index (χ4n) is 1.69. The Morgan fingerprint density at radius 1 is 1.26 bits per heavy atom. The van der Waals surface area contributed by atoms with Gasteiger partial charge >= 0.3 is 0 Å². The van der Waals surface area contributed by atoms with E-state index in [1.54, 1.807) is 36.7 Å². The van der Waals surface area contributed by atoms with Crippen molar-refractivity contribution < 1.29 is 4.79 Å². The van der Waals surface area contributed by atoms with Gasteiger partial charge in [-0.15, -0.1) is 0 Å². The Labute approximate surface area is 116 Å². The maximum absolute atomic E-state index is 12.0. The highest BCUT2D eigenvalue weighted by molar-refractivity contribution is 6.31. The lowest BCUT2D eigenvalue weighted by molar-refractivity contribution is 0.102. The van der Waals surface area contributed by atoms with E-state index < -0.39 is 0 Å². The molecule has 2 rings (SSSR count). The SMILES string of the molecule is NCCc1ccc(C(=O)Nc2ccncc2)cc1Cl. The topological polar surface area (TPSA) is 68.0 Å². The van der Waals surface area contributed by atoms with E-state index in [-0.39, 0.29) is 5.91 Å². The van der Waals surface area contributed by atoms with Gasteiger partial charge in [-0.05, 0) is 42.8 Å². The monoisotopic (exact) mass is 275 g/mol. The number of benzene rings is 1. The number of carbonyl (C=O) groups excluding carboxylic acids is 1. The number of rotatable bonds is 4. The van der Waals surface area contributed by atoms with Gasteiger partial charge in [0.15, 0.2) is 0 Å². The van der Waals surface area contributed by atoms with Crippen molar-refractivity contribution in [3.8, 4) is 0 Å². The van der Waals surface area contributed by atoms with Crippen LogP contribution in [0.4, 0.5) is 5.69 Å². The summed E-state index contributed by atoms with van der Waals surface area (Å²) in [4.78, 5) is 15.9. The number of aromatic nitrogens is 1. The van der Waals surface area contributed by atoms with E-state index in [0.29, 0.717) is 29.2 Å². The highest BCUT2D eigenvalue weighted by Crippen LogP contribution is 2.19. The van der Waals surface area contributed by atoms with Gasteiger partial charge in [0.2, 0.25) is 0 Å². The van der Waals surface area contributed by atoms with E-state index in [1.807, 2.05) is 6.07 Å². The molecule has 1 amide bonds. The van der Waals surface area contributed by atoms with Crippen molar-refractivity contribution in [3.63, 3.8) is 0 Å². The van der Waals surface area contributed by atoms with Crippen LogP contribution in [0.5, 0.6) is 0 Å². The number of nitrogens with one attached hydrogen (secondary N) is 1. The van der Waals surface area contributed by atoms with Gasteiger partial charge in [-0.3, -0.25) is 9.78 Å². The van der Waals surface area contributed by atoms with Crippen molar-refractivity contribution in [2.24, 2.45) is 5.73 Å². The Bertz CT molecular complexity index is 572. The van der Waals surface area contributed by atoms with Crippen LogP contribution in [0.2, 0.25) is 5.02 Å². The summed E-state index contributed by atoms with van der Waals surface area (Å²) in [5, 5.41) is 3.34. The predicted molar refractivity (Wildman–Crippen MR) is 76.4 cm³/mol. The number of halogens is 1. The van der Waals surface area contributed by atoms with Crippen LogP contribution >= 0.6 is 11.6 Å². The normalized spacial score (nSPS) is 10.2. The van der Waals surface area contributed by atoms with E-state index in [9.17, 15) is 4.79 Å². The molecule has 1 aromatic carbocycles. The van der Waals surface area contributed by atoms with Crippen LogP contribution in [0.3, 0.4) is 0 Å². The highest BCUT2D eigenvalue weighted by Gasteiger charge is 2.08. The standard InChI is InChI=1S/C14H14ClN3O/c15-13-9-11(2-1-10(13)3-6-16)14(19)18-12-4-7-17-8-5-12/h1-2,4-5,7-9H,3,6,16H2,(H,17,18,19). The molecular weight excluding hydrogens is 262 g/mol. The third kappa shape index (κ3) is 3.53. The minimum absolute atomic E-state index is 0.201. The summed E-state index contributed by atoms with van der Waals surface area (Å²) in [6.07, 6.45) is 3.94. The Morgan fingerprint density at radius 3 is 2.63 bits per heavy atom. The number of hydrogen-bond acceptors (Lipinski definition) is 3. The number of hydrogen-bond donors (Lipinski definition) is 2. The molecule has 0 aliphatic heterocycles. The lowest BCUT2D eigenvalue weighted by Gasteiger charge is -2.07. The molecule has 5 heteroatoms. The second kappa shape index (κ2) is 6.31. The molecule has 0 unspecified atom stereocenters. The summed E-state index contributed by atoms with van der Waals surface area (Å²) in [6.45, 7) is 0.530. The summed E-state index contributed by atoms with van der Waals surface area (Å²) in [7, 11) is 0. The second-order valence-electron chi connectivity index (χ2n) is 4.03. The molecule has 3 N–H and O–H groups in total. The molecule has 0 fully saturated rings. The van der Waals surface area contributed by atoms with Gasteiger partial charge in [0.05, 0.1) is 0 Å². The van der Waals surface area contributed by atoms with E-state index in [1.165, 1.54) is 0 Å². The van der Waals surface area contributed by atoms with Gasteiger partial charge in [0, 0.05) is 28.7 Å². The smallest absolute Gasteiger partial charge is 0.255 e. The summed E-state index contributed by atoms with van der Waals surface area (Å²) >= 11 is 6.11. The van der Waals surface area contributed by atoms with Crippen LogP contribution in [0.15, 0.2) is 42.7 Å².